The van der Waals surface area contributed by atoms with Crippen LogP contribution in [-0.4, -0.2) is 17.1 Å². The van der Waals surface area contributed by atoms with Gasteiger partial charge in [-0.25, -0.2) is 9.18 Å². The number of halogens is 1. The maximum atomic E-state index is 13.0. The Morgan fingerprint density at radius 1 is 1.47 bits per heavy atom. The summed E-state index contributed by atoms with van der Waals surface area (Å²) in [6.45, 7) is 5.91. The zero-order valence-corrected chi connectivity index (χ0v) is 10.3. The van der Waals surface area contributed by atoms with Gasteiger partial charge in [0.2, 0.25) is 0 Å². The van der Waals surface area contributed by atoms with Gasteiger partial charge in [-0.15, -0.1) is 0 Å². The van der Waals surface area contributed by atoms with Crippen LogP contribution in [0.1, 0.15) is 27.2 Å². The number of hydrogen-bond acceptors (Lipinski definition) is 2. The number of anilines is 1. The Bertz CT molecular complexity index is 399. The van der Waals surface area contributed by atoms with Crippen molar-refractivity contribution in [3.63, 3.8) is 0 Å². The van der Waals surface area contributed by atoms with E-state index in [0.29, 0.717) is 12.1 Å². The number of carboxylic acids is 1. The van der Waals surface area contributed by atoms with Crippen LogP contribution in [0, 0.1) is 11.2 Å². The van der Waals surface area contributed by atoms with Gasteiger partial charge in [-0.05, 0) is 30.0 Å². The van der Waals surface area contributed by atoms with Gasteiger partial charge in [0.15, 0.2) is 0 Å². The summed E-state index contributed by atoms with van der Waals surface area (Å²) in [5.74, 6) is -1.31. The molecule has 1 atom stereocenters. The number of carboxylic acid groups (broad SMARTS) is 1. The van der Waals surface area contributed by atoms with Crippen LogP contribution in [-0.2, 0) is 4.79 Å². The van der Waals surface area contributed by atoms with Gasteiger partial charge in [-0.3, -0.25) is 0 Å². The minimum absolute atomic E-state index is 0.108. The highest BCUT2D eigenvalue weighted by Gasteiger charge is 2.24. The van der Waals surface area contributed by atoms with Crippen LogP contribution < -0.4 is 5.32 Å². The summed E-state index contributed by atoms with van der Waals surface area (Å²) in [6, 6.07) is 5.11. The number of nitrogens with one attached hydrogen (secondary N) is 1. The van der Waals surface area contributed by atoms with Gasteiger partial charge < -0.3 is 10.4 Å². The van der Waals surface area contributed by atoms with E-state index >= 15 is 0 Å². The van der Waals surface area contributed by atoms with E-state index in [4.69, 9.17) is 5.11 Å². The van der Waals surface area contributed by atoms with Crippen molar-refractivity contribution in [2.24, 2.45) is 5.41 Å². The van der Waals surface area contributed by atoms with Crippen LogP contribution in [0.4, 0.5) is 10.1 Å². The van der Waals surface area contributed by atoms with Crippen molar-refractivity contribution >= 4 is 11.7 Å². The van der Waals surface area contributed by atoms with Crippen LogP contribution in [0.15, 0.2) is 24.3 Å². The summed E-state index contributed by atoms with van der Waals surface area (Å²) in [6.07, 6.45) is 0.471. The van der Waals surface area contributed by atoms with Crippen molar-refractivity contribution < 1.29 is 14.3 Å². The van der Waals surface area contributed by atoms with E-state index in [1.165, 1.54) is 12.1 Å². The molecule has 0 aliphatic carbocycles. The van der Waals surface area contributed by atoms with Gasteiger partial charge in [0.25, 0.3) is 0 Å². The smallest absolute Gasteiger partial charge is 0.326 e. The third-order valence-corrected chi connectivity index (χ3v) is 2.28. The molecule has 0 spiro atoms. The van der Waals surface area contributed by atoms with Crippen LogP contribution in [0.3, 0.4) is 0 Å². The lowest BCUT2D eigenvalue weighted by Crippen LogP contribution is -2.33. The topological polar surface area (TPSA) is 49.3 Å². The number of rotatable bonds is 4. The molecule has 3 nitrogen and oxygen atoms in total. The highest BCUT2D eigenvalue weighted by Crippen LogP contribution is 2.23. The van der Waals surface area contributed by atoms with E-state index in [-0.39, 0.29) is 11.2 Å². The van der Waals surface area contributed by atoms with Crippen LogP contribution in [0.25, 0.3) is 0 Å². The molecule has 0 aliphatic heterocycles. The van der Waals surface area contributed by atoms with Crippen molar-refractivity contribution in [1.82, 2.24) is 0 Å². The fraction of sp³-hybridized carbons (Fsp3) is 0.462. The quantitative estimate of drug-likeness (QED) is 0.848. The lowest BCUT2D eigenvalue weighted by Gasteiger charge is -2.24. The zero-order chi connectivity index (χ0) is 13.1. The predicted molar refractivity (Wildman–Crippen MR) is 65.5 cm³/mol. The molecule has 1 aromatic rings. The average Bonchev–Trinajstić information content (AvgIpc) is 2.14. The molecule has 0 saturated heterocycles. The Labute approximate surface area is 101 Å². The molecule has 1 rings (SSSR count). The Morgan fingerprint density at radius 2 is 2.12 bits per heavy atom. The van der Waals surface area contributed by atoms with Crippen molar-refractivity contribution in [2.45, 2.75) is 33.2 Å². The van der Waals surface area contributed by atoms with E-state index < -0.39 is 12.0 Å². The first kappa shape index (κ1) is 13.5. The van der Waals surface area contributed by atoms with E-state index in [9.17, 15) is 9.18 Å². The predicted octanol–water partition coefficient (Wildman–Crippen LogP) is 3.13. The van der Waals surface area contributed by atoms with Gasteiger partial charge in [-0.2, -0.15) is 0 Å². The maximum Gasteiger partial charge on any atom is 0.326 e. The first-order valence-corrected chi connectivity index (χ1v) is 5.53. The number of aliphatic carboxylic acids is 1. The third-order valence-electron chi connectivity index (χ3n) is 2.28. The van der Waals surface area contributed by atoms with E-state index in [1.54, 1.807) is 12.1 Å². The number of hydrogen-bond donors (Lipinski definition) is 2. The van der Waals surface area contributed by atoms with Crippen LogP contribution in [0.5, 0.6) is 0 Å². The summed E-state index contributed by atoms with van der Waals surface area (Å²) in [7, 11) is 0. The van der Waals surface area contributed by atoms with E-state index in [1.807, 2.05) is 20.8 Å². The molecule has 0 aliphatic rings. The van der Waals surface area contributed by atoms with Crippen molar-refractivity contribution in [1.29, 1.82) is 0 Å². The molecule has 0 saturated carbocycles. The Morgan fingerprint density at radius 3 is 2.59 bits per heavy atom. The minimum atomic E-state index is -0.927. The van der Waals surface area contributed by atoms with Crippen molar-refractivity contribution in [3.8, 4) is 0 Å². The molecule has 94 valence electrons. The van der Waals surface area contributed by atoms with Gasteiger partial charge in [0.05, 0.1) is 0 Å². The second kappa shape index (κ2) is 5.17. The van der Waals surface area contributed by atoms with Crippen molar-refractivity contribution in [3.05, 3.63) is 30.1 Å². The summed E-state index contributed by atoms with van der Waals surface area (Å²) >= 11 is 0. The molecule has 17 heavy (non-hydrogen) atoms. The first-order valence-electron chi connectivity index (χ1n) is 5.53. The zero-order valence-electron chi connectivity index (χ0n) is 10.3. The normalized spacial score (nSPS) is 13.2. The first-order chi connectivity index (χ1) is 7.78. The molecule has 0 aromatic heterocycles. The molecular weight excluding hydrogens is 221 g/mol. The highest BCUT2D eigenvalue weighted by atomic mass is 19.1. The van der Waals surface area contributed by atoms with E-state index in [2.05, 4.69) is 5.32 Å². The number of benzene rings is 1. The van der Waals surface area contributed by atoms with Gasteiger partial charge in [0.1, 0.15) is 11.9 Å². The minimum Gasteiger partial charge on any atom is -0.480 e. The van der Waals surface area contributed by atoms with Crippen LogP contribution in [0.2, 0.25) is 0 Å². The van der Waals surface area contributed by atoms with Crippen LogP contribution >= 0.6 is 0 Å². The highest BCUT2D eigenvalue weighted by molar-refractivity contribution is 5.77. The monoisotopic (exact) mass is 239 g/mol. The number of carbonyl (C=O) groups is 1. The molecule has 1 aromatic carbocycles. The fourth-order valence-corrected chi connectivity index (χ4v) is 1.59. The second-order valence-electron chi connectivity index (χ2n) is 5.31. The Balaban J connectivity index is 2.77. The molecule has 0 amide bonds. The van der Waals surface area contributed by atoms with Gasteiger partial charge in [-0.1, -0.05) is 26.8 Å². The molecule has 0 heterocycles. The Kier molecular flexibility index (Phi) is 4.10. The lowest BCUT2D eigenvalue weighted by molar-refractivity contribution is -0.138. The van der Waals surface area contributed by atoms with Gasteiger partial charge in [0, 0.05) is 5.69 Å². The fourth-order valence-electron chi connectivity index (χ4n) is 1.59. The molecule has 1 unspecified atom stereocenters. The molecule has 0 radical (unpaired) electrons. The van der Waals surface area contributed by atoms with Crippen molar-refractivity contribution in [2.75, 3.05) is 5.32 Å². The third kappa shape index (κ3) is 4.85. The molecular formula is C13H18FNO2. The lowest BCUT2D eigenvalue weighted by atomic mass is 9.88. The summed E-state index contributed by atoms with van der Waals surface area (Å²) in [5.41, 5.74) is 0.380. The molecule has 2 N–H and O–H groups in total. The SMILES string of the molecule is CC(C)(C)CC(Nc1cccc(F)c1)C(=O)O. The molecule has 4 heteroatoms. The standard InChI is InChI=1S/C13H18FNO2/c1-13(2,3)8-11(12(16)17)15-10-6-4-5-9(14)7-10/h4-7,11,15H,8H2,1-3H3,(H,16,17). The second-order valence-corrected chi connectivity index (χ2v) is 5.31. The molecule has 0 bridgehead atoms. The summed E-state index contributed by atoms with van der Waals surface area (Å²) < 4.78 is 13.0. The summed E-state index contributed by atoms with van der Waals surface area (Å²) in [4.78, 5) is 11.1. The van der Waals surface area contributed by atoms with Gasteiger partial charge >= 0.3 is 5.97 Å². The van der Waals surface area contributed by atoms with E-state index in [0.717, 1.165) is 0 Å². The maximum absolute atomic E-state index is 13.0. The Hall–Kier alpha value is -1.58. The largest absolute Gasteiger partial charge is 0.480 e. The average molecular weight is 239 g/mol. The molecule has 0 fully saturated rings. The summed E-state index contributed by atoms with van der Waals surface area (Å²) in [5, 5.41) is 11.9.